The van der Waals surface area contributed by atoms with Gasteiger partial charge in [0.1, 0.15) is 0 Å². The van der Waals surface area contributed by atoms with E-state index in [1.54, 1.807) is 21.8 Å². The number of nitrogens with zero attached hydrogens (tertiary/aromatic N) is 2. The van der Waals surface area contributed by atoms with Crippen LogP contribution in [0.1, 0.15) is 16.8 Å². The molecular weight excluding hydrogens is 232 g/mol. The van der Waals surface area contributed by atoms with E-state index in [0.717, 1.165) is 26.4 Å². The molecule has 0 aliphatic heterocycles. The number of rotatable bonds is 0. The van der Waals surface area contributed by atoms with Crippen LogP contribution < -0.4 is 5.56 Å². The van der Waals surface area contributed by atoms with Crippen molar-refractivity contribution in [1.29, 1.82) is 0 Å². The predicted octanol–water partition coefficient (Wildman–Crippen LogP) is 2.83. The molecule has 0 saturated heterocycles. The predicted molar refractivity (Wildman–Crippen MR) is 71.1 cm³/mol. The minimum atomic E-state index is 0.00690. The van der Waals surface area contributed by atoms with Crippen LogP contribution in [0.4, 0.5) is 0 Å². The van der Waals surface area contributed by atoms with Gasteiger partial charge in [-0.2, -0.15) is 0 Å². The van der Waals surface area contributed by atoms with Crippen LogP contribution in [0.3, 0.4) is 0 Å². The van der Waals surface area contributed by atoms with Gasteiger partial charge in [-0.15, -0.1) is 0 Å². The van der Waals surface area contributed by atoms with Crippen molar-refractivity contribution in [2.24, 2.45) is 0 Å². The van der Waals surface area contributed by atoms with Crippen LogP contribution in [0, 0.1) is 20.8 Å². The van der Waals surface area contributed by atoms with Gasteiger partial charge in [0.05, 0.1) is 10.2 Å². The summed E-state index contributed by atoms with van der Waals surface area (Å²) < 4.78 is 2.87. The Morgan fingerprint density at radius 3 is 2.65 bits per heavy atom. The van der Waals surface area contributed by atoms with E-state index < -0.39 is 0 Å². The summed E-state index contributed by atoms with van der Waals surface area (Å²) in [5, 5.41) is 0. The standard InChI is InChI=1S/C13H12N2OS/c1-7-4-5-8(2)12-11(7)15-10(16)6-9(3)14-13(15)17-12/h4-6H,1-3H3. The Morgan fingerprint density at radius 2 is 1.88 bits per heavy atom. The molecule has 0 radical (unpaired) electrons. The van der Waals surface area contributed by atoms with Crippen molar-refractivity contribution in [1.82, 2.24) is 9.38 Å². The molecule has 0 atom stereocenters. The summed E-state index contributed by atoms with van der Waals surface area (Å²) in [7, 11) is 0. The van der Waals surface area contributed by atoms with Crippen LogP contribution in [-0.4, -0.2) is 9.38 Å². The lowest BCUT2D eigenvalue weighted by molar-refractivity contribution is 1.07. The fourth-order valence-corrected chi connectivity index (χ4v) is 3.34. The second-order valence-electron chi connectivity index (χ2n) is 4.33. The highest BCUT2D eigenvalue weighted by Gasteiger charge is 2.11. The molecule has 0 unspecified atom stereocenters. The summed E-state index contributed by atoms with van der Waals surface area (Å²) in [5.41, 5.74) is 4.09. The first kappa shape index (κ1) is 10.5. The molecule has 2 aromatic heterocycles. The molecule has 1 aromatic carbocycles. The Kier molecular flexibility index (Phi) is 2.10. The number of fused-ring (bicyclic) bond motifs is 3. The van der Waals surface area contributed by atoms with Gasteiger partial charge in [0.25, 0.3) is 5.56 Å². The lowest BCUT2D eigenvalue weighted by Crippen LogP contribution is -2.13. The fourth-order valence-electron chi connectivity index (χ4n) is 2.11. The molecule has 0 aliphatic rings. The van der Waals surface area contributed by atoms with Crippen LogP contribution >= 0.6 is 11.3 Å². The van der Waals surface area contributed by atoms with Gasteiger partial charge in [-0.05, 0) is 31.9 Å². The molecule has 3 rings (SSSR count). The van der Waals surface area contributed by atoms with E-state index in [0.29, 0.717) is 0 Å². The molecule has 4 heteroatoms. The molecule has 0 fully saturated rings. The van der Waals surface area contributed by atoms with Crippen molar-refractivity contribution in [2.75, 3.05) is 0 Å². The number of thiazole rings is 1. The molecular formula is C13H12N2OS. The Labute approximate surface area is 102 Å². The third kappa shape index (κ3) is 1.41. The molecule has 0 saturated carbocycles. The van der Waals surface area contributed by atoms with Crippen molar-refractivity contribution in [3.63, 3.8) is 0 Å². The van der Waals surface area contributed by atoms with Crippen molar-refractivity contribution >= 4 is 26.5 Å². The molecule has 0 bridgehead atoms. The Morgan fingerprint density at radius 1 is 1.18 bits per heavy atom. The first-order chi connectivity index (χ1) is 8.08. The zero-order valence-corrected chi connectivity index (χ0v) is 10.8. The van der Waals surface area contributed by atoms with Crippen LogP contribution in [0.2, 0.25) is 0 Å². The Balaban J connectivity index is 2.70. The maximum absolute atomic E-state index is 12.1. The maximum atomic E-state index is 12.1. The summed E-state index contributed by atoms with van der Waals surface area (Å²) in [6, 6.07) is 5.72. The summed E-state index contributed by atoms with van der Waals surface area (Å²) >= 11 is 1.58. The lowest BCUT2D eigenvalue weighted by atomic mass is 10.1. The molecule has 17 heavy (non-hydrogen) atoms. The summed E-state index contributed by atoms with van der Waals surface area (Å²) in [6.45, 7) is 5.95. The van der Waals surface area contributed by atoms with Crippen molar-refractivity contribution in [3.05, 3.63) is 45.4 Å². The average Bonchev–Trinajstić information content (AvgIpc) is 2.64. The SMILES string of the molecule is Cc1cc(=O)n2c(n1)sc1c(C)ccc(C)c12. The van der Waals surface area contributed by atoms with E-state index in [9.17, 15) is 4.79 Å². The highest BCUT2D eigenvalue weighted by atomic mass is 32.1. The van der Waals surface area contributed by atoms with Gasteiger partial charge >= 0.3 is 0 Å². The van der Waals surface area contributed by atoms with Gasteiger partial charge in [0.15, 0.2) is 4.96 Å². The first-order valence-corrected chi connectivity index (χ1v) is 6.28. The highest BCUT2D eigenvalue weighted by molar-refractivity contribution is 7.23. The van der Waals surface area contributed by atoms with E-state index >= 15 is 0 Å². The number of aryl methyl sites for hydroxylation is 3. The second kappa shape index (κ2) is 3.40. The second-order valence-corrected chi connectivity index (χ2v) is 5.31. The van der Waals surface area contributed by atoms with Gasteiger partial charge in [-0.3, -0.25) is 9.20 Å². The molecule has 0 spiro atoms. The minimum absolute atomic E-state index is 0.00690. The molecule has 0 amide bonds. The van der Waals surface area contributed by atoms with Crippen LogP contribution in [0.5, 0.6) is 0 Å². The first-order valence-electron chi connectivity index (χ1n) is 5.47. The molecule has 3 aromatic rings. The van der Waals surface area contributed by atoms with E-state index in [2.05, 4.69) is 24.0 Å². The third-order valence-electron chi connectivity index (χ3n) is 2.96. The Bertz CT molecular complexity index is 798. The monoisotopic (exact) mass is 244 g/mol. The topological polar surface area (TPSA) is 34.4 Å². The zero-order chi connectivity index (χ0) is 12.2. The summed E-state index contributed by atoms with van der Waals surface area (Å²) in [4.78, 5) is 17.3. The van der Waals surface area contributed by atoms with Gasteiger partial charge in [-0.25, -0.2) is 4.98 Å². The highest BCUT2D eigenvalue weighted by Crippen LogP contribution is 2.29. The number of hydrogen-bond donors (Lipinski definition) is 0. The van der Waals surface area contributed by atoms with E-state index in [-0.39, 0.29) is 5.56 Å². The summed E-state index contributed by atoms with van der Waals surface area (Å²) in [6.07, 6.45) is 0. The maximum Gasteiger partial charge on any atom is 0.259 e. The van der Waals surface area contributed by atoms with E-state index in [1.807, 2.05) is 13.8 Å². The average molecular weight is 244 g/mol. The molecule has 0 aliphatic carbocycles. The van der Waals surface area contributed by atoms with Crippen molar-refractivity contribution in [2.45, 2.75) is 20.8 Å². The van der Waals surface area contributed by atoms with Crippen molar-refractivity contribution in [3.8, 4) is 0 Å². The smallest absolute Gasteiger partial charge is 0.259 e. The fraction of sp³-hybridized carbons (Fsp3) is 0.231. The van der Waals surface area contributed by atoms with Crippen LogP contribution in [0.25, 0.3) is 15.2 Å². The van der Waals surface area contributed by atoms with Crippen molar-refractivity contribution < 1.29 is 0 Å². The Hall–Kier alpha value is -1.68. The van der Waals surface area contributed by atoms with Gasteiger partial charge in [-0.1, -0.05) is 23.5 Å². The lowest BCUT2D eigenvalue weighted by Gasteiger charge is -2.00. The van der Waals surface area contributed by atoms with Crippen LogP contribution in [0.15, 0.2) is 23.0 Å². The molecule has 86 valence electrons. The number of hydrogen-bond acceptors (Lipinski definition) is 3. The molecule has 0 N–H and O–H groups in total. The third-order valence-corrected chi connectivity index (χ3v) is 4.14. The minimum Gasteiger partial charge on any atom is -0.269 e. The van der Waals surface area contributed by atoms with Gasteiger partial charge < -0.3 is 0 Å². The van der Waals surface area contributed by atoms with E-state index in [1.165, 1.54) is 5.56 Å². The van der Waals surface area contributed by atoms with E-state index in [4.69, 9.17) is 0 Å². The number of aromatic nitrogens is 2. The summed E-state index contributed by atoms with van der Waals surface area (Å²) in [5.74, 6) is 0. The normalized spacial score (nSPS) is 11.5. The largest absolute Gasteiger partial charge is 0.269 e. The quantitative estimate of drug-likeness (QED) is 0.609. The van der Waals surface area contributed by atoms with Gasteiger partial charge in [0, 0.05) is 11.8 Å². The zero-order valence-electron chi connectivity index (χ0n) is 9.94. The number of benzene rings is 1. The molecule has 2 heterocycles. The van der Waals surface area contributed by atoms with Gasteiger partial charge in [0.2, 0.25) is 0 Å². The van der Waals surface area contributed by atoms with Crippen LogP contribution in [-0.2, 0) is 0 Å². The molecule has 3 nitrogen and oxygen atoms in total.